The van der Waals surface area contributed by atoms with Gasteiger partial charge in [0.1, 0.15) is 28.7 Å². The quantitative estimate of drug-likeness (QED) is 0.415. The number of benzene rings is 2. The predicted octanol–water partition coefficient (Wildman–Crippen LogP) is 3.76. The Balaban J connectivity index is 1.61. The predicted molar refractivity (Wildman–Crippen MR) is 128 cm³/mol. The Kier molecular flexibility index (Phi) is 6.56. The lowest BCUT2D eigenvalue weighted by Crippen LogP contribution is -2.44. The Bertz CT molecular complexity index is 1350. The summed E-state index contributed by atoms with van der Waals surface area (Å²) in [7, 11) is 0. The van der Waals surface area contributed by atoms with E-state index in [1.807, 2.05) is 4.90 Å². The molecule has 0 aliphatic carbocycles. The molecular formula is C24H21ClF2N6O2. The minimum absolute atomic E-state index is 0.0353. The Labute approximate surface area is 204 Å². The first-order valence-electron chi connectivity index (χ1n) is 11.0. The molecule has 2 N–H and O–H groups in total. The van der Waals surface area contributed by atoms with Crippen molar-refractivity contribution in [3.8, 4) is 22.9 Å². The standard InChI is InChI=1S/C24H21ClF2N6O2/c25-15-13-14-22(21(27)19(15)20-16(26)3-1-4-17(20)34)31-24(32-23(14)33-10-8-28-9-11-33)35-12-5-18-29-6-2-7-30-18/h1-4,6-7,13,28,34H,5,8-12H2. The molecule has 1 saturated heterocycles. The molecule has 4 aromatic rings. The lowest BCUT2D eigenvalue weighted by Gasteiger charge is -2.29. The van der Waals surface area contributed by atoms with Crippen LogP contribution < -0.4 is 15.0 Å². The highest BCUT2D eigenvalue weighted by molar-refractivity contribution is 6.34. The van der Waals surface area contributed by atoms with E-state index in [4.69, 9.17) is 16.3 Å². The average Bonchev–Trinajstić information content (AvgIpc) is 2.87. The van der Waals surface area contributed by atoms with E-state index in [1.54, 1.807) is 18.5 Å². The van der Waals surface area contributed by atoms with Crippen molar-refractivity contribution in [3.05, 3.63) is 65.2 Å². The van der Waals surface area contributed by atoms with Gasteiger partial charge in [0.15, 0.2) is 5.82 Å². The van der Waals surface area contributed by atoms with Crippen LogP contribution in [-0.4, -0.2) is 57.8 Å². The second-order valence-electron chi connectivity index (χ2n) is 7.91. The minimum atomic E-state index is -0.872. The van der Waals surface area contributed by atoms with Crippen molar-refractivity contribution in [1.29, 1.82) is 0 Å². The first-order chi connectivity index (χ1) is 17.0. The number of aromatic nitrogens is 4. The van der Waals surface area contributed by atoms with Gasteiger partial charge in [-0.3, -0.25) is 0 Å². The number of hydrogen-bond acceptors (Lipinski definition) is 8. The number of fused-ring (bicyclic) bond motifs is 1. The zero-order valence-corrected chi connectivity index (χ0v) is 19.3. The van der Waals surface area contributed by atoms with E-state index in [9.17, 15) is 9.50 Å². The van der Waals surface area contributed by atoms with Crippen LogP contribution in [0.4, 0.5) is 14.6 Å². The first-order valence-corrected chi connectivity index (χ1v) is 11.4. The summed E-state index contributed by atoms with van der Waals surface area (Å²) in [6.07, 6.45) is 3.68. The van der Waals surface area contributed by atoms with E-state index >= 15 is 4.39 Å². The van der Waals surface area contributed by atoms with E-state index in [-0.39, 0.29) is 34.3 Å². The number of rotatable bonds is 6. The molecule has 0 amide bonds. The third-order valence-electron chi connectivity index (χ3n) is 5.68. The van der Waals surface area contributed by atoms with Gasteiger partial charge >= 0.3 is 6.01 Å². The van der Waals surface area contributed by atoms with E-state index in [1.165, 1.54) is 18.2 Å². The van der Waals surface area contributed by atoms with Gasteiger partial charge in [0, 0.05) is 55.9 Å². The summed E-state index contributed by atoms with van der Waals surface area (Å²) in [6, 6.07) is 6.90. The number of aromatic hydroxyl groups is 1. The fourth-order valence-corrected chi connectivity index (χ4v) is 4.31. The number of phenols is 1. The summed E-state index contributed by atoms with van der Waals surface area (Å²) in [5, 5.41) is 13.8. The van der Waals surface area contributed by atoms with E-state index in [0.29, 0.717) is 36.5 Å². The molecule has 180 valence electrons. The highest BCUT2D eigenvalue weighted by atomic mass is 35.5. The van der Waals surface area contributed by atoms with Crippen LogP contribution in [0.25, 0.3) is 22.0 Å². The van der Waals surface area contributed by atoms with Crippen molar-refractivity contribution in [3.63, 3.8) is 0 Å². The van der Waals surface area contributed by atoms with E-state index in [2.05, 4.69) is 25.3 Å². The van der Waals surface area contributed by atoms with Crippen molar-refractivity contribution >= 4 is 28.3 Å². The zero-order valence-electron chi connectivity index (χ0n) is 18.5. The summed E-state index contributed by atoms with van der Waals surface area (Å²) in [6.45, 7) is 2.90. The minimum Gasteiger partial charge on any atom is -0.507 e. The number of ether oxygens (including phenoxy) is 1. The Morgan fingerprint density at radius 2 is 1.83 bits per heavy atom. The van der Waals surface area contributed by atoms with Crippen LogP contribution in [0.5, 0.6) is 11.8 Å². The van der Waals surface area contributed by atoms with Gasteiger partial charge in [0.05, 0.1) is 17.2 Å². The lowest BCUT2D eigenvalue weighted by molar-refractivity contribution is 0.294. The van der Waals surface area contributed by atoms with Crippen molar-refractivity contribution in [1.82, 2.24) is 25.3 Å². The third kappa shape index (κ3) is 4.67. The molecule has 0 radical (unpaired) electrons. The molecule has 0 spiro atoms. The number of piperazine rings is 1. The number of phenolic OH excluding ortho intramolecular Hbond substituents is 1. The van der Waals surface area contributed by atoms with Crippen LogP contribution in [0, 0.1) is 11.6 Å². The van der Waals surface area contributed by atoms with Gasteiger partial charge < -0.3 is 20.1 Å². The molecule has 5 rings (SSSR count). The van der Waals surface area contributed by atoms with Gasteiger partial charge in [0.2, 0.25) is 0 Å². The fraction of sp³-hybridized carbons (Fsp3) is 0.250. The van der Waals surface area contributed by atoms with Gasteiger partial charge in [0.25, 0.3) is 0 Å². The summed E-state index contributed by atoms with van der Waals surface area (Å²) >= 11 is 6.44. The van der Waals surface area contributed by atoms with E-state index in [0.717, 1.165) is 19.2 Å². The number of nitrogens with zero attached hydrogens (tertiary/aromatic N) is 5. The molecule has 1 aliphatic rings. The molecule has 2 aromatic heterocycles. The normalized spacial score (nSPS) is 13.9. The number of nitrogens with one attached hydrogen (secondary N) is 1. The van der Waals surface area contributed by atoms with Crippen molar-refractivity contribution in [2.45, 2.75) is 6.42 Å². The van der Waals surface area contributed by atoms with Crippen molar-refractivity contribution in [2.24, 2.45) is 0 Å². The average molecular weight is 499 g/mol. The van der Waals surface area contributed by atoms with Gasteiger partial charge in [-0.15, -0.1) is 0 Å². The SMILES string of the molecule is Oc1cccc(F)c1-c1c(Cl)cc2c(N3CCNCC3)nc(OCCc3ncccn3)nc2c1F. The molecule has 11 heteroatoms. The zero-order chi connectivity index (χ0) is 24.4. The Morgan fingerprint density at radius 1 is 1.06 bits per heavy atom. The molecule has 1 aliphatic heterocycles. The molecule has 1 fully saturated rings. The molecule has 0 atom stereocenters. The monoisotopic (exact) mass is 498 g/mol. The summed E-state index contributed by atoms with van der Waals surface area (Å²) < 4.78 is 36.3. The number of halogens is 3. The van der Waals surface area contributed by atoms with Crippen LogP contribution in [-0.2, 0) is 6.42 Å². The molecule has 35 heavy (non-hydrogen) atoms. The van der Waals surface area contributed by atoms with Crippen molar-refractivity contribution in [2.75, 3.05) is 37.7 Å². The lowest BCUT2D eigenvalue weighted by atomic mass is 10.0. The largest absolute Gasteiger partial charge is 0.507 e. The van der Waals surface area contributed by atoms with Gasteiger partial charge in [-0.05, 0) is 24.3 Å². The molecule has 0 bridgehead atoms. The summed E-state index contributed by atoms with van der Waals surface area (Å²) in [5.41, 5.74) is -0.687. The summed E-state index contributed by atoms with van der Waals surface area (Å²) in [4.78, 5) is 19.1. The Morgan fingerprint density at radius 3 is 2.57 bits per heavy atom. The van der Waals surface area contributed by atoms with Crippen LogP contribution in [0.15, 0.2) is 42.7 Å². The van der Waals surface area contributed by atoms with Gasteiger partial charge in [-0.25, -0.2) is 18.7 Å². The maximum atomic E-state index is 15.9. The molecule has 3 heterocycles. The van der Waals surface area contributed by atoms with Crippen LogP contribution in [0.1, 0.15) is 5.82 Å². The van der Waals surface area contributed by atoms with Gasteiger partial charge in [-0.2, -0.15) is 9.97 Å². The smallest absolute Gasteiger partial charge is 0.319 e. The topological polar surface area (TPSA) is 96.3 Å². The van der Waals surface area contributed by atoms with Crippen LogP contribution in [0.2, 0.25) is 5.02 Å². The fourth-order valence-electron chi connectivity index (χ4n) is 4.02. The van der Waals surface area contributed by atoms with E-state index < -0.39 is 17.4 Å². The number of anilines is 1. The maximum absolute atomic E-state index is 15.9. The highest BCUT2D eigenvalue weighted by Crippen LogP contribution is 2.42. The number of hydrogen-bond donors (Lipinski definition) is 2. The third-order valence-corrected chi connectivity index (χ3v) is 5.97. The van der Waals surface area contributed by atoms with Gasteiger partial charge in [-0.1, -0.05) is 17.7 Å². The second kappa shape index (κ2) is 9.93. The molecule has 8 nitrogen and oxygen atoms in total. The summed E-state index contributed by atoms with van der Waals surface area (Å²) in [5.74, 6) is -1.05. The van der Waals surface area contributed by atoms with Crippen LogP contribution in [0.3, 0.4) is 0 Å². The van der Waals surface area contributed by atoms with Crippen LogP contribution >= 0.6 is 11.6 Å². The molecule has 0 unspecified atom stereocenters. The Hall–Kier alpha value is -3.63. The van der Waals surface area contributed by atoms with Crippen molar-refractivity contribution < 1.29 is 18.6 Å². The first kappa shape index (κ1) is 23.1. The molecule has 0 saturated carbocycles. The highest BCUT2D eigenvalue weighted by Gasteiger charge is 2.25. The maximum Gasteiger partial charge on any atom is 0.319 e. The molecule has 2 aromatic carbocycles. The molecular weight excluding hydrogens is 478 g/mol. The second-order valence-corrected chi connectivity index (χ2v) is 8.32.